The van der Waals surface area contributed by atoms with Gasteiger partial charge in [-0.25, -0.2) is 0 Å². The highest BCUT2D eigenvalue weighted by atomic mass is 19.4. The molecule has 1 aromatic rings. The second kappa shape index (κ2) is 5.61. The molecule has 0 unspecified atom stereocenters. The maximum absolute atomic E-state index is 12.5. The molecule has 0 aromatic heterocycles. The molecule has 0 aliphatic heterocycles. The van der Waals surface area contributed by atoms with Crippen LogP contribution >= 0.6 is 0 Å². The number of aliphatic hydroxyl groups excluding tert-OH is 1. The Balaban J connectivity index is 3.24. The summed E-state index contributed by atoms with van der Waals surface area (Å²) in [4.78, 5) is 2.33. The van der Waals surface area contributed by atoms with Gasteiger partial charge in [-0.2, -0.15) is 13.2 Å². The zero-order chi connectivity index (χ0) is 13.8. The van der Waals surface area contributed by atoms with E-state index in [-0.39, 0.29) is 11.3 Å². The van der Waals surface area contributed by atoms with E-state index in [9.17, 15) is 18.3 Å². The van der Waals surface area contributed by atoms with Crippen LogP contribution in [0.4, 0.5) is 13.2 Å². The van der Waals surface area contributed by atoms with Crippen LogP contribution in [0.5, 0.6) is 5.75 Å². The zero-order valence-corrected chi connectivity index (χ0v) is 9.30. The van der Waals surface area contributed by atoms with Crippen LogP contribution in [0.3, 0.4) is 0 Å². The lowest BCUT2D eigenvalue weighted by molar-refractivity contribution is -0.210. The molecule has 0 fully saturated rings. The first-order chi connectivity index (χ1) is 8.41. The molecule has 1 N–H and O–H groups in total. The molecule has 5 nitrogen and oxygen atoms in total. The fourth-order valence-corrected chi connectivity index (χ4v) is 1.44. The van der Waals surface area contributed by atoms with E-state index in [0.717, 1.165) is 0 Å². The van der Waals surface area contributed by atoms with Crippen molar-refractivity contribution in [1.29, 1.82) is 0 Å². The van der Waals surface area contributed by atoms with E-state index in [1.165, 1.54) is 25.3 Å². The normalized spacial score (nSPS) is 14.5. The van der Waals surface area contributed by atoms with Gasteiger partial charge in [-0.1, -0.05) is 23.3 Å². The first-order valence-corrected chi connectivity index (χ1v) is 4.83. The van der Waals surface area contributed by atoms with Crippen molar-refractivity contribution in [2.45, 2.75) is 18.3 Å². The van der Waals surface area contributed by atoms with Gasteiger partial charge in [0.25, 0.3) is 0 Å². The van der Waals surface area contributed by atoms with Gasteiger partial charge in [-0.3, -0.25) is 0 Å². The van der Waals surface area contributed by atoms with Gasteiger partial charge in [-0.05, 0) is 11.6 Å². The van der Waals surface area contributed by atoms with Crippen molar-refractivity contribution >= 4 is 0 Å². The van der Waals surface area contributed by atoms with Crippen LogP contribution in [0.15, 0.2) is 29.4 Å². The summed E-state index contributed by atoms with van der Waals surface area (Å²) in [6.07, 6.45) is -7.68. The van der Waals surface area contributed by atoms with E-state index in [2.05, 4.69) is 10.0 Å². The van der Waals surface area contributed by atoms with Crippen LogP contribution in [0, 0.1) is 0 Å². The Hall–Kier alpha value is -1.92. The number of rotatable bonds is 4. The van der Waals surface area contributed by atoms with Gasteiger partial charge in [0.05, 0.1) is 7.11 Å². The van der Waals surface area contributed by atoms with Gasteiger partial charge in [0, 0.05) is 10.5 Å². The molecule has 1 rings (SSSR count). The molecule has 0 saturated carbocycles. The quantitative estimate of drug-likeness (QED) is 0.513. The SMILES string of the molecule is COc1ccccc1[C@H](N=[N+]=[N-])[C@@H](O)C(F)(F)F. The largest absolute Gasteiger partial charge is 0.496 e. The molecule has 0 bridgehead atoms. The Morgan fingerprint density at radius 3 is 2.50 bits per heavy atom. The summed E-state index contributed by atoms with van der Waals surface area (Å²) in [7, 11) is 1.27. The second-order valence-corrected chi connectivity index (χ2v) is 3.38. The highest BCUT2D eigenvalue weighted by Crippen LogP contribution is 2.36. The molecule has 2 atom stereocenters. The summed E-state index contributed by atoms with van der Waals surface area (Å²) >= 11 is 0. The Bertz CT molecular complexity index is 458. The summed E-state index contributed by atoms with van der Waals surface area (Å²) in [6.45, 7) is 0. The summed E-state index contributed by atoms with van der Waals surface area (Å²) in [6, 6.07) is 3.94. The third-order valence-corrected chi connectivity index (χ3v) is 2.27. The summed E-state index contributed by atoms with van der Waals surface area (Å²) in [5.41, 5.74) is 8.29. The topological polar surface area (TPSA) is 78.2 Å². The van der Waals surface area contributed by atoms with Crippen molar-refractivity contribution in [2.75, 3.05) is 7.11 Å². The highest BCUT2D eigenvalue weighted by molar-refractivity contribution is 5.36. The van der Waals surface area contributed by atoms with Gasteiger partial charge in [0.2, 0.25) is 0 Å². The number of hydrogen-bond donors (Lipinski definition) is 1. The van der Waals surface area contributed by atoms with Gasteiger partial charge >= 0.3 is 6.18 Å². The Morgan fingerprint density at radius 2 is 2.00 bits per heavy atom. The number of hydrogen-bond acceptors (Lipinski definition) is 3. The zero-order valence-electron chi connectivity index (χ0n) is 9.30. The van der Waals surface area contributed by atoms with Gasteiger partial charge < -0.3 is 9.84 Å². The van der Waals surface area contributed by atoms with E-state index in [4.69, 9.17) is 10.3 Å². The van der Waals surface area contributed by atoms with Crippen molar-refractivity contribution in [3.63, 3.8) is 0 Å². The summed E-state index contributed by atoms with van der Waals surface area (Å²) < 4.78 is 42.3. The average Bonchev–Trinajstić information content (AvgIpc) is 2.34. The van der Waals surface area contributed by atoms with Crippen molar-refractivity contribution in [2.24, 2.45) is 5.11 Å². The van der Waals surface area contributed by atoms with Crippen LogP contribution in [0.1, 0.15) is 11.6 Å². The minimum absolute atomic E-state index is 0.0253. The van der Waals surface area contributed by atoms with Crippen LogP contribution in [0.2, 0.25) is 0 Å². The fraction of sp³-hybridized carbons (Fsp3) is 0.400. The Kier molecular flexibility index (Phi) is 4.41. The van der Waals surface area contributed by atoms with Crippen molar-refractivity contribution < 1.29 is 23.0 Å². The third kappa shape index (κ3) is 3.06. The minimum atomic E-state index is -4.89. The van der Waals surface area contributed by atoms with E-state index in [1.54, 1.807) is 6.07 Å². The first-order valence-electron chi connectivity index (χ1n) is 4.83. The maximum atomic E-state index is 12.5. The van der Waals surface area contributed by atoms with E-state index >= 15 is 0 Å². The predicted octanol–water partition coefficient (Wildman–Crippen LogP) is 2.97. The Morgan fingerprint density at radius 1 is 1.39 bits per heavy atom. The number of benzene rings is 1. The van der Waals surface area contributed by atoms with E-state index in [1.807, 2.05) is 0 Å². The molecule has 0 radical (unpaired) electrons. The second-order valence-electron chi connectivity index (χ2n) is 3.38. The van der Waals surface area contributed by atoms with Crippen molar-refractivity contribution in [3.05, 3.63) is 40.3 Å². The van der Waals surface area contributed by atoms with Gasteiger partial charge in [-0.15, -0.1) is 0 Å². The van der Waals surface area contributed by atoms with Crippen LogP contribution in [-0.2, 0) is 0 Å². The van der Waals surface area contributed by atoms with Crippen LogP contribution in [0.25, 0.3) is 10.4 Å². The molecule has 0 spiro atoms. The fourth-order valence-electron chi connectivity index (χ4n) is 1.44. The summed E-state index contributed by atoms with van der Waals surface area (Å²) in [5.74, 6) is 0.109. The molecule has 0 heterocycles. The van der Waals surface area contributed by atoms with E-state index < -0.39 is 18.3 Å². The number of methoxy groups -OCH3 is 1. The predicted molar refractivity (Wildman–Crippen MR) is 56.9 cm³/mol. The smallest absolute Gasteiger partial charge is 0.415 e. The molecule has 8 heteroatoms. The van der Waals surface area contributed by atoms with Gasteiger partial charge in [0.1, 0.15) is 11.8 Å². The molecule has 1 aromatic carbocycles. The number of para-hydroxylation sites is 1. The highest BCUT2D eigenvalue weighted by Gasteiger charge is 2.44. The standard InChI is InChI=1S/C10H10F3N3O2/c1-18-7-5-3-2-4-6(7)8(15-16-14)9(17)10(11,12)13/h2-5,8-9,17H,1H3/t8-,9+/m0/s1. The van der Waals surface area contributed by atoms with Gasteiger partial charge in [0.15, 0.2) is 6.10 Å². The minimum Gasteiger partial charge on any atom is -0.496 e. The molecule has 0 aliphatic carbocycles. The number of alkyl halides is 3. The van der Waals surface area contributed by atoms with Crippen LogP contribution < -0.4 is 4.74 Å². The molecular weight excluding hydrogens is 251 g/mol. The molecule has 0 aliphatic rings. The monoisotopic (exact) mass is 261 g/mol. The lowest BCUT2D eigenvalue weighted by Crippen LogP contribution is -2.33. The number of ether oxygens (including phenoxy) is 1. The van der Waals surface area contributed by atoms with Crippen molar-refractivity contribution in [3.8, 4) is 5.75 Å². The third-order valence-electron chi connectivity index (χ3n) is 2.27. The molecule has 98 valence electrons. The first kappa shape index (κ1) is 14.1. The molecular formula is C10H10F3N3O2. The van der Waals surface area contributed by atoms with Crippen LogP contribution in [-0.4, -0.2) is 24.5 Å². The molecule has 0 saturated heterocycles. The Labute approximate surface area is 100 Å². The number of aliphatic hydroxyl groups is 1. The average molecular weight is 261 g/mol. The number of nitrogens with zero attached hydrogens (tertiary/aromatic N) is 3. The lowest BCUT2D eigenvalue weighted by Gasteiger charge is -2.22. The number of halogens is 3. The molecule has 18 heavy (non-hydrogen) atoms. The molecule has 0 amide bonds. The summed E-state index contributed by atoms with van der Waals surface area (Å²) in [5, 5.41) is 12.2. The van der Waals surface area contributed by atoms with E-state index in [0.29, 0.717) is 0 Å². The van der Waals surface area contributed by atoms with Crippen molar-refractivity contribution in [1.82, 2.24) is 0 Å². The lowest BCUT2D eigenvalue weighted by atomic mass is 10.0. The maximum Gasteiger partial charge on any atom is 0.415 e. The number of azide groups is 1.